The molecule has 0 saturated carbocycles. The third-order valence-corrected chi connectivity index (χ3v) is 4.20. The molecule has 1 aliphatic heterocycles. The third-order valence-electron chi connectivity index (χ3n) is 2.75. The molecule has 1 fully saturated rings. The van der Waals surface area contributed by atoms with Gasteiger partial charge in [0.1, 0.15) is 6.04 Å². The van der Waals surface area contributed by atoms with E-state index in [2.05, 4.69) is 15.4 Å². The fraction of sp³-hybridized carbons (Fsp3) is 0.273. The van der Waals surface area contributed by atoms with Gasteiger partial charge in [0.2, 0.25) is 0 Å². The summed E-state index contributed by atoms with van der Waals surface area (Å²) in [6.45, 7) is 0. The normalized spacial score (nSPS) is 18.9. The van der Waals surface area contributed by atoms with E-state index in [1.807, 2.05) is 0 Å². The average molecular weight is 298 g/mol. The molecule has 1 saturated heterocycles. The lowest BCUT2D eigenvalue weighted by Gasteiger charge is -2.14. The van der Waals surface area contributed by atoms with Crippen LogP contribution >= 0.6 is 0 Å². The number of hydrogen-bond donors (Lipinski definition) is 3. The zero-order valence-electron chi connectivity index (χ0n) is 10.9. The first kappa shape index (κ1) is 14.3. The molecule has 20 heavy (non-hydrogen) atoms. The quantitative estimate of drug-likeness (QED) is 0.668. The number of benzene rings is 1. The van der Waals surface area contributed by atoms with Crippen molar-refractivity contribution in [3.63, 3.8) is 0 Å². The maximum Gasteiger partial charge on any atom is 0.322 e. The molecule has 1 aromatic carbocycles. The number of carbonyl (C=O) groups is 2. The summed E-state index contributed by atoms with van der Waals surface area (Å²) in [5, 5.41) is 4.59. The lowest BCUT2D eigenvalue weighted by atomic mass is 10.1. The predicted octanol–water partition coefficient (Wildman–Crippen LogP) is -0.215. The summed E-state index contributed by atoms with van der Waals surface area (Å²) < 4.78 is 26.7. The van der Waals surface area contributed by atoms with Gasteiger partial charge in [0, 0.05) is 19.8 Å². The SMILES string of the molecule is CN(C)S(=O)(=O)Nc1ccc(C2NC(=O)NC2=O)cc1. The second-order valence-corrected chi connectivity index (χ2v) is 6.29. The topological polar surface area (TPSA) is 108 Å². The molecular weight excluding hydrogens is 284 g/mol. The Morgan fingerprint density at radius 3 is 2.20 bits per heavy atom. The van der Waals surface area contributed by atoms with Crippen molar-refractivity contribution < 1.29 is 18.0 Å². The first-order valence-electron chi connectivity index (χ1n) is 5.71. The zero-order valence-corrected chi connectivity index (χ0v) is 11.7. The van der Waals surface area contributed by atoms with Gasteiger partial charge in [-0.05, 0) is 17.7 Å². The van der Waals surface area contributed by atoms with Crippen LogP contribution in [0.4, 0.5) is 10.5 Å². The van der Waals surface area contributed by atoms with Gasteiger partial charge in [-0.1, -0.05) is 12.1 Å². The minimum absolute atomic E-state index is 0.368. The fourth-order valence-corrected chi connectivity index (χ4v) is 2.25. The Hall–Kier alpha value is -2.13. The van der Waals surface area contributed by atoms with Crippen LogP contribution in [0, 0.1) is 0 Å². The van der Waals surface area contributed by atoms with Gasteiger partial charge >= 0.3 is 16.2 Å². The molecular formula is C11H14N4O4S. The van der Waals surface area contributed by atoms with Crippen LogP contribution in [0.25, 0.3) is 0 Å². The molecule has 9 heteroatoms. The number of amides is 3. The van der Waals surface area contributed by atoms with E-state index in [9.17, 15) is 18.0 Å². The van der Waals surface area contributed by atoms with Gasteiger partial charge in [0.05, 0.1) is 0 Å². The molecule has 3 N–H and O–H groups in total. The summed E-state index contributed by atoms with van der Waals surface area (Å²) in [6.07, 6.45) is 0. The van der Waals surface area contributed by atoms with Crippen LogP contribution in [0.2, 0.25) is 0 Å². The number of nitrogens with zero attached hydrogens (tertiary/aromatic N) is 1. The molecule has 1 aliphatic rings. The zero-order chi connectivity index (χ0) is 14.9. The molecule has 1 heterocycles. The minimum atomic E-state index is -3.57. The lowest BCUT2D eigenvalue weighted by Crippen LogP contribution is -2.28. The maximum atomic E-state index is 11.6. The number of carbonyl (C=O) groups excluding carboxylic acids is 2. The van der Waals surface area contributed by atoms with Crippen molar-refractivity contribution in [1.29, 1.82) is 0 Å². The summed E-state index contributed by atoms with van der Waals surface area (Å²) in [7, 11) is -0.745. The van der Waals surface area contributed by atoms with Gasteiger partial charge in [-0.3, -0.25) is 14.8 Å². The van der Waals surface area contributed by atoms with Gasteiger partial charge < -0.3 is 5.32 Å². The Kier molecular flexibility index (Phi) is 3.64. The lowest BCUT2D eigenvalue weighted by molar-refractivity contribution is -0.120. The molecule has 0 radical (unpaired) electrons. The molecule has 1 atom stereocenters. The Bertz CT molecular complexity index is 639. The second-order valence-electron chi connectivity index (χ2n) is 4.41. The molecule has 108 valence electrons. The van der Waals surface area contributed by atoms with E-state index < -0.39 is 28.2 Å². The number of anilines is 1. The maximum absolute atomic E-state index is 11.6. The molecule has 1 unspecified atom stereocenters. The average Bonchev–Trinajstić information content (AvgIpc) is 2.69. The van der Waals surface area contributed by atoms with Crippen molar-refractivity contribution >= 4 is 27.8 Å². The molecule has 1 aromatic rings. The molecule has 2 rings (SSSR count). The highest BCUT2D eigenvalue weighted by Crippen LogP contribution is 2.19. The highest BCUT2D eigenvalue weighted by molar-refractivity contribution is 7.90. The Balaban J connectivity index is 2.15. The van der Waals surface area contributed by atoms with Crippen LogP contribution < -0.4 is 15.4 Å². The minimum Gasteiger partial charge on any atom is -0.322 e. The number of urea groups is 1. The molecule has 0 aromatic heterocycles. The van der Waals surface area contributed by atoms with Crippen LogP contribution in [-0.2, 0) is 15.0 Å². The smallest absolute Gasteiger partial charge is 0.322 e. The Morgan fingerprint density at radius 1 is 1.15 bits per heavy atom. The number of imide groups is 1. The van der Waals surface area contributed by atoms with Gasteiger partial charge in [-0.15, -0.1) is 0 Å². The van der Waals surface area contributed by atoms with Gasteiger partial charge in [-0.2, -0.15) is 12.7 Å². The van der Waals surface area contributed by atoms with Crippen molar-refractivity contribution in [3.8, 4) is 0 Å². The number of hydrogen-bond acceptors (Lipinski definition) is 4. The molecule has 8 nitrogen and oxygen atoms in total. The van der Waals surface area contributed by atoms with Crippen molar-refractivity contribution in [2.45, 2.75) is 6.04 Å². The van der Waals surface area contributed by atoms with Crippen molar-refractivity contribution in [1.82, 2.24) is 14.9 Å². The number of rotatable bonds is 4. The highest BCUT2D eigenvalue weighted by atomic mass is 32.2. The van der Waals surface area contributed by atoms with E-state index in [1.165, 1.54) is 26.2 Å². The first-order valence-corrected chi connectivity index (χ1v) is 7.15. The van der Waals surface area contributed by atoms with E-state index in [0.29, 0.717) is 11.3 Å². The van der Waals surface area contributed by atoms with Crippen LogP contribution in [-0.4, -0.2) is 38.8 Å². The van der Waals surface area contributed by atoms with Crippen LogP contribution in [0.15, 0.2) is 24.3 Å². The highest BCUT2D eigenvalue weighted by Gasteiger charge is 2.30. The van der Waals surface area contributed by atoms with Crippen LogP contribution in [0.5, 0.6) is 0 Å². The van der Waals surface area contributed by atoms with Gasteiger partial charge in [0.15, 0.2) is 0 Å². The third kappa shape index (κ3) is 2.89. The monoisotopic (exact) mass is 298 g/mol. The Morgan fingerprint density at radius 2 is 1.75 bits per heavy atom. The predicted molar refractivity (Wildman–Crippen MR) is 72.1 cm³/mol. The van der Waals surface area contributed by atoms with E-state index in [0.717, 1.165) is 4.31 Å². The molecule has 3 amide bonds. The van der Waals surface area contributed by atoms with Crippen molar-refractivity contribution in [2.75, 3.05) is 18.8 Å². The summed E-state index contributed by atoms with van der Waals surface area (Å²) in [6, 6.07) is 4.90. The van der Waals surface area contributed by atoms with E-state index >= 15 is 0 Å². The largest absolute Gasteiger partial charge is 0.322 e. The summed E-state index contributed by atoms with van der Waals surface area (Å²) in [4.78, 5) is 22.5. The van der Waals surface area contributed by atoms with Crippen LogP contribution in [0.1, 0.15) is 11.6 Å². The summed E-state index contributed by atoms with van der Waals surface area (Å²) in [5.41, 5.74) is 0.938. The summed E-state index contributed by atoms with van der Waals surface area (Å²) in [5.74, 6) is -0.434. The first-order chi connectivity index (χ1) is 9.29. The molecule has 0 aliphatic carbocycles. The van der Waals surface area contributed by atoms with Crippen molar-refractivity contribution in [3.05, 3.63) is 29.8 Å². The van der Waals surface area contributed by atoms with Crippen LogP contribution in [0.3, 0.4) is 0 Å². The summed E-state index contributed by atoms with van der Waals surface area (Å²) >= 11 is 0. The Labute approximate surface area is 116 Å². The molecule has 0 bridgehead atoms. The van der Waals surface area contributed by atoms with Gasteiger partial charge in [-0.25, -0.2) is 4.79 Å². The van der Waals surface area contributed by atoms with Gasteiger partial charge in [0.25, 0.3) is 5.91 Å². The van der Waals surface area contributed by atoms with E-state index in [4.69, 9.17) is 0 Å². The molecule has 0 spiro atoms. The van der Waals surface area contributed by atoms with E-state index in [1.54, 1.807) is 12.1 Å². The number of nitrogens with one attached hydrogen (secondary N) is 3. The fourth-order valence-electron chi connectivity index (χ4n) is 1.64. The second kappa shape index (κ2) is 5.10. The van der Waals surface area contributed by atoms with E-state index in [-0.39, 0.29) is 0 Å². The van der Waals surface area contributed by atoms with Crippen molar-refractivity contribution in [2.24, 2.45) is 0 Å². The standard InChI is InChI=1S/C11H14N4O4S/c1-15(2)20(18,19)14-8-5-3-7(4-6-8)9-10(16)13-11(17)12-9/h3-6,9,14H,1-2H3,(H2,12,13,16,17).